The third-order valence-corrected chi connectivity index (χ3v) is 7.29. The topological polar surface area (TPSA) is 108 Å². The number of rotatable bonds is 5. The second-order valence-electron chi connectivity index (χ2n) is 9.83. The Balaban J connectivity index is 1.26. The van der Waals surface area contributed by atoms with E-state index in [2.05, 4.69) is 47.6 Å². The average Bonchev–Trinajstić information content (AvgIpc) is 3.57. The molecule has 6 heterocycles. The van der Waals surface area contributed by atoms with Gasteiger partial charge in [-0.1, -0.05) is 12.1 Å². The highest BCUT2D eigenvalue weighted by atomic mass is 19.1. The van der Waals surface area contributed by atoms with Gasteiger partial charge in [-0.25, -0.2) is 19.3 Å². The van der Waals surface area contributed by atoms with E-state index in [0.717, 1.165) is 58.4 Å². The fourth-order valence-electron chi connectivity index (χ4n) is 5.34. The number of piperidine rings is 1. The molecule has 0 saturated carbocycles. The highest BCUT2D eigenvalue weighted by Gasteiger charge is 2.18. The van der Waals surface area contributed by atoms with Crippen LogP contribution in [0.5, 0.6) is 0 Å². The van der Waals surface area contributed by atoms with Crippen LogP contribution in [-0.2, 0) is 6.42 Å². The third-order valence-electron chi connectivity index (χ3n) is 7.29. The first kappa shape index (κ1) is 22.7. The fraction of sp³-hybridized carbons (Fsp3) is 0.207. The molecule has 5 aromatic heterocycles. The molecule has 0 spiro atoms. The zero-order valence-electron chi connectivity index (χ0n) is 20.6. The summed E-state index contributed by atoms with van der Waals surface area (Å²) in [7, 11) is 0. The van der Waals surface area contributed by atoms with Crippen LogP contribution in [0.4, 0.5) is 4.39 Å². The lowest BCUT2D eigenvalue weighted by Gasteiger charge is -2.22. The molecule has 0 bridgehead atoms. The van der Waals surface area contributed by atoms with Gasteiger partial charge in [-0.2, -0.15) is 5.10 Å². The van der Waals surface area contributed by atoms with Crippen molar-refractivity contribution in [1.82, 2.24) is 40.4 Å². The van der Waals surface area contributed by atoms with Gasteiger partial charge in [-0.3, -0.25) is 10.1 Å². The molecule has 0 aliphatic carbocycles. The lowest BCUT2D eigenvalue weighted by Crippen LogP contribution is -2.28. The van der Waals surface area contributed by atoms with Gasteiger partial charge in [-0.15, -0.1) is 0 Å². The van der Waals surface area contributed by atoms with Crippen molar-refractivity contribution >= 4 is 22.2 Å². The molecular formula is C29H25FN8. The molecule has 1 aliphatic heterocycles. The zero-order chi connectivity index (χ0) is 25.5. The maximum absolute atomic E-state index is 13.9. The fourth-order valence-corrected chi connectivity index (χ4v) is 5.34. The van der Waals surface area contributed by atoms with Crippen LogP contribution in [0.2, 0.25) is 0 Å². The van der Waals surface area contributed by atoms with Crippen LogP contribution in [0.1, 0.15) is 18.4 Å². The molecule has 3 N–H and O–H groups in total. The minimum absolute atomic E-state index is 0.292. The van der Waals surface area contributed by atoms with Gasteiger partial charge in [0.25, 0.3) is 0 Å². The molecule has 0 amide bonds. The molecule has 1 aliphatic rings. The molecule has 1 aromatic carbocycles. The van der Waals surface area contributed by atoms with Crippen molar-refractivity contribution in [3.05, 3.63) is 78.6 Å². The molecule has 8 nitrogen and oxygen atoms in total. The molecule has 9 heteroatoms. The predicted octanol–water partition coefficient (Wildman–Crippen LogP) is 5.31. The Morgan fingerprint density at radius 3 is 2.68 bits per heavy atom. The average molecular weight is 505 g/mol. The van der Waals surface area contributed by atoms with Gasteiger partial charge in [0.05, 0.1) is 10.9 Å². The maximum Gasteiger partial charge on any atom is 0.181 e. The molecule has 188 valence electrons. The van der Waals surface area contributed by atoms with Crippen LogP contribution in [0.3, 0.4) is 0 Å². The predicted molar refractivity (Wildman–Crippen MR) is 145 cm³/mol. The van der Waals surface area contributed by atoms with E-state index in [0.29, 0.717) is 23.0 Å². The summed E-state index contributed by atoms with van der Waals surface area (Å²) in [5.74, 6) is 0.989. The molecule has 7 rings (SSSR count). The SMILES string of the molecule is Fc1cccc(-c2ccnc3nc(-c4[nH]nc5ncc(-c6cncc(CC7CCNCC7)c6)cc45)[nH]c23)c1. The first-order chi connectivity index (χ1) is 18.7. The second-order valence-corrected chi connectivity index (χ2v) is 9.83. The number of hydrogen-bond donors (Lipinski definition) is 3. The van der Waals surface area contributed by atoms with E-state index >= 15 is 0 Å². The van der Waals surface area contributed by atoms with Crippen molar-refractivity contribution < 1.29 is 4.39 Å². The molecule has 38 heavy (non-hydrogen) atoms. The number of nitrogens with one attached hydrogen (secondary N) is 3. The van der Waals surface area contributed by atoms with Crippen LogP contribution >= 0.6 is 0 Å². The minimum Gasteiger partial charge on any atom is -0.335 e. The third kappa shape index (κ3) is 4.20. The highest BCUT2D eigenvalue weighted by molar-refractivity contribution is 5.96. The number of hydrogen-bond acceptors (Lipinski definition) is 6. The highest BCUT2D eigenvalue weighted by Crippen LogP contribution is 2.32. The van der Waals surface area contributed by atoms with Gasteiger partial charge >= 0.3 is 0 Å². The number of aromatic nitrogens is 7. The van der Waals surface area contributed by atoms with Crippen molar-refractivity contribution in [3.63, 3.8) is 0 Å². The Morgan fingerprint density at radius 2 is 1.79 bits per heavy atom. The Bertz CT molecular complexity index is 1770. The standard InChI is InChI=1S/C29H25FN8/c30-22-3-1-2-19(12-22)23-6-9-33-28-25(23)35-29(36-28)26-24-13-21(16-34-27(24)38-37-26)20-11-18(14-32-15-20)10-17-4-7-31-8-5-17/h1-3,6,9,11-17,31H,4-5,7-8,10H2,(H,33,35,36)(H,34,37,38). The van der Waals surface area contributed by atoms with Crippen molar-refractivity contribution in [2.45, 2.75) is 19.3 Å². The number of benzene rings is 1. The number of fused-ring (bicyclic) bond motifs is 2. The monoisotopic (exact) mass is 504 g/mol. The Labute approximate surface area is 217 Å². The summed E-state index contributed by atoms with van der Waals surface area (Å²) in [6, 6.07) is 12.6. The Morgan fingerprint density at radius 1 is 0.895 bits per heavy atom. The summed E-state index contributed by atoms with van der Waals surface area (Å²) in [4.78, 5) is 21.6. The van der Waals surface area contributed by atoms with Crippen LogP contribution in [0, 0.1) is 11.7 Å². The summed E-state index contributed by atoms with van der Waals surface area (Å²) in [5, 5.41) is 11.8. The quantitative estimate of drug-likeness (QED) is 0.294. The van der Waals surface area contributed by atoms with E-state index in [-0.39, 0.29) is 5.82 Å². The van der Waals surface area contributed by atoms with Crippen LogP contribution in [-0.4, -0.2) is 48.2 Å². The van der Waals surface area contributed by atoms with E-state index in [1.54, 1.807) is 12.3 Å². The summed E-state index contributed by atoms with van der Waals surface area (Å²) >= 11 is 0. The van der Waals surface area contributed by atoms with Crippen LogP contribution in [0.15, 0.2) is 67.3 Å². The normalized spacial score (nSPS) is 14.4. The number of H-pyrrole nitrogens is 2. The van der Waals surface area contributed by atoms with Crippen molar-refractivity contribution in [3.8, 4) is 33.8 Å². The van der Waals surface area contributed by atoms with Gasteiger partial charge in [0, 0.05) is 41.5 Å². The zero-order valence-corrected chi connectivity index (χ0v) is 20.6. The van der Waals surface area contributed by atoms with Gasteiger partial charge in [-0.05, 0) is 79.7 Å². The Kier molecular flexibility index (Phi) is 5.62. The van der Waals surface area contributed by atoms with Gasteiger partial charge in [0.2, 0.25) is 0 Å². The summed E-state index contributed by atoms with van der Waals surface area (Å²) in [5.41, 5.74) is 7.41. The molecular weight excluding hydrogens is 479 g/mol. The molecule has 0 atom stereocenters. The molecule has 0 radical (unpaired) electrons. The molecule has 1 saturated heterocycles. The molecule has 0 unspecified atom stereocenters. The lowest BCUT2D eigenvalue weighted by molar-refractivity contribution is 0.372. The largest absolute Gasteiger partial charge is 0.335 e. The maximum atomic E-state index is 13.9. The number of aromatic amines is 2. The number of pyridine rings is 3. The summed E-state index contributed by atoms with van der Waals surface area (Å²) in [6.07, 6.45) is 10.8. The molecule has 6 aromatic rings. The Hall–Kier alpha value is -4.50. The van der Waals surface area contributed by atoms with Gasteiger partial charge in [0.1, 0.15) is 11.5 Å². The van der Waals surface area contributed by atoms with E-state index in [1.807, 2.05) is 30.7 Å². The van der Waals surface area contributed by atoms with E-state index in [4.69, 9.17) is 4.98 Å². The first-order valence-corrected chi connectivity index (χ1v) is 12.8. The van der Waals surface area contributed by atoms with Crippen LogP contribution < -0.4 is 5.32 Å². The lowest BCUT2D eigenvalue weighted by atomic mass is 9.91. The summed E-state index contributed by atoms with van der Waals surface area (Å²) < 4.78 is 13.9. The second kappa shape index (κ2) is 9.42. The molecule has 1 fully saturated rings. The van der Waals surface area contributed by atoms with E-state index in [9.17, 15) is 4.39 Å². The van der Waals surface area contributed by atoms with Crippen molar-refractivity contribution in [2.24, 2.45) is 5.92 Å². The summed E-state index contributed by atoms with van der Waals surface area (Å²) in [6.45, 7) is 2.17. The number of halogens is 1. The van der Waals surface area contributed by atoms with Gasteiger partial charge < -0.3 is 10.3 Å². The van der Waals surface area contributed by atoms with Crippen LogP contribution in [0.25, 0.3) is 56.0 Å². The minimum atomic E-state index is -0.292. The number of nitrogens with zero attached hydrogens (tertiary/aromatic N) is 5. The van der Waals surface area contributed by atoms with E-state index in [1.165, 1.54) is 30.5 Å². The van der Waals surface area contributed by atoms with E-state index < -0.39 is 0 Å². The van der Waals surface area contributed by atoms with Gasteiger partial charge in [0.15, 0.2) is 17.1 Å². The van der Waals surface area contributed by atoms with Crippen molar-refractivity contribution in [1.29, 1.82) is 0 Å². The smallest absolute Gasteiger partial charge is 0.181 e. The first-order valence-electron chi connectivity index (χ1n) is 12.8. The number of imidazole rings is 1. The van der Waals surface area contributed by atoms with Crippen molar-refractivity contribution in [2.75, 3.05) is 13.1 Å².